The molecule has 2 N–H and O–H groups in total. The summed E-state index contributed by atoms with van der Waals surface area (Å²) in [6, 6.07) is 9.41. The minimum absolute atomic E-state index is 0.104. The summed E-state index contributed by atoms with van der Waals surface area (Å²) >= 11 is 1.38. The first-order valence-corrected chi connectivity index (χ1v) is 9.82. The zero-order chi connectivity index (χ0) is 18.3. The number of carbonyl (C=O) groups excluding carboxylic acids is 1. The van der Waals surface area contributed by atoms with Crippen LogP contribution < -0.4 is 10.5 Å². The van der Waals surface area contributed by atoms with Gasteiger partial charge < -0.3 is 10.5 Å². The van der Waals surface area contributed by atoms with Gasteiger partial charge in [-0.05, 0) is 48.9 Å². The smallest absolute Gasteiger partial charge is 0.208 e. The number of ketones is 1. The van der Waals surface area contributed by atoms with Gasteiger partial charge in [0.05, 0.1) is 18.4 Å². The lowest BCUT2D eigenvalue weighted by Crippen LogP contribution is -2.14. The number of fused-ring (bicyclic) bond motifs is 2. The highest BCUT2D eigenvalue weighted by molar-refractivity contribution is 7.21. The maximum Gasteiger partial charge on any atom is 0.208 e. The average molecular weight is 366 g/mol. The van der Waals surface area contributed by atoms with Crippen molar-refractivity contribution in [2.75, 3.05) is 12.8 Å². The number of para-hydroxylation sites is 1. The Morgan fingerprint density at radius 1 is 1.38 bits per heavy atom. The first-order valence-electron chi connectivity index (χ1n) is 9.00. The number of benzene rings is 1. The summed E-state index contributed by atoms with van der Waals surface area (Å²) in [5.74, 6) is 1.18. The number of anilines is 1. The Morgan fingerprint density at radius 2 is 2.19 bits per heavy atom. The quantitative estimate of drug-likeness (QED) is 0.684. The summed E-state index contributed by atoms with van der Waals surface area (Å²) < 4.78 is 5.33. The van der Waals surface area contributed by atoms with Crippen LogP contribution in [0.25, 0.3) is 10.2 Å². The summed E-state index contributed by atoms with van der Waals surface area (Å²) in [6.45, 7) is 2.24. The molecule has 0 saturated heterocycles. The number of rotatable bonds is 4. The lowest BCUT2D eigenvalue weighted by molar-refractivity contribution is 0.104. The van der Waals surface area contributed by atoms with E-state index in [4.69, 9.17) is 15.5 Å². The molecule has 2 heterocycles. The number of hydrogen-bond acceptors (Lipinski definition) is 5. The van der Waals surface area contributed by atoms with Gasteiger partial charge in [0.15, 0.2) is 0 Å². The predicted octanol–water partition coefficient (Wildman–Crippen LogP) is 4.63. The third-order valence-electron chi connectivity index (χ3n) is 5.32. The number of pyridine rings is 1. The van der Waals surface area contributed by atoms with Gasteiger partial charge in [0, 0.05) is 11.1 Å². The normalized spacial score (nSPS) is 16.5. The van der Waals surface area contributed by atoms with Crippen molar-refractivity contribution in [3.05, 3.63) is 52.0 Å². The third-order valence-corrected chi connectivity index (χ3v) is 6.44. The molecule has 1 aliphatic rings. The molecule has 1 aliphatic carbocycles. The van der Waals surface area contributed by atoms with Gasteiger partial charge in [0.2, 0.25) is 5.78 Å². The fourth-order valence-electron chi connectivity index (χ4n) is 3.74. The van der Waals surface area contributed by atoms with Gasteiger partial charge in [-0.25, -0.2) is 4.98 Å². The molecule has 26 heavy (non-hydrogen) atoms. The van der Waals surface area contributed by atoms with Crippen molar-refractivity contribution in [1.82, 2.24) is 4.98 Å². The lowest BCUT2D eigenvalue weighted by atomic mass is 9.85. The Kier molecular flexibility index (Phi) is 4.41. The van der Waals surface area contributed by atoms with Gasteiger partial charge in [-0.15, -0.1) is 11.3 Å². The molecule has 0 saturated carbocycles. The summed E-state index contributed by atoms with van der Waals surface area (Å²) in [7, 11) is 1.57. The van der Waals surface area contributed by atoms with E-state index in [0.717, 1.165) is 29.0 Å². The van der Waals surface area contributed by atoms with Gasteiger partial charge in [-0.1, -0.05) is 25.5 Å². The number of methoxy groups -OCH3 is 1. The van der Waals surface area contributed by atoms with E-state index < -0.39 is 0 Å². The Hall–Kier alpha value is -2.40. The lowest BCUT2D eigenvalue weighted by Gasteiger charge is -2.22. The van der Waals surface area contributed by atoms with Crippen molar-refractivity contribution in [2.45, 2.75) is 32.6 Å². The minimum atomic E-state index is -0.104. The van der Waals surface area contributed by atoms with Gasteiger partial charge in [-0.2, -0.15) is 0 Å². The molecular formula is C21H22N2O2S. The largest absolute Gasteiger partial charge is 0.496 e. The number of ether oxygens (including phenoxy) is 1. The first-order chi connectivity index (χ1) is 12.6. The van der Waals surface area contributed by atoms with E-state index in [-0.39, 0.29) is 5.78 Å². The predicted molar refractivity (Wildman–Crippen MR) is 106 cm³/mol. The van der Waals surface area contributed by atoms with Crippen molar-refractivity contribution < 1.29 is 9.53 Å². The standard InChI is InChI=1S/C21H22N2O2S/c1-3-12-8-9-16-13(10-12)11-15-18(22)20(26-21(15)23-16)19(24)14-6-4-5-7-17(14)25-2/h4-7,11-12H,3,8-10,22H2,1-2H3. The van der Waals surface area contributed by atoms with Crippen LogP contribution in [0.1, 0.15) is 46.3 Å². The second-order valence-corrected chi connectivity index (χ2v) is 7.84. The summed E-state index contributed by atoms with van der Waals surface area (Å²) in [6.07, 6.45) is 4.45. The topological polar surface area (TPSA) is 65.2 Å². The number of nitrogens with zero attached hydrogens (tertiary/aromatic N) is 1. The number of thiophene rings is 1. The van der Waals surface area contributed by atoms with Gasteiger partial charge >= 0.3 is 0 Å². The van der Waals surface area contributed by atoms with Gasteiger partial charge in [-0.3, -0.25) is 4.79 Å². The maximum absolute atomic E-state index is 13.1. The van der Waals surface area contributed by atoms with Crippen LogP contribution in [-0.4, -0.2) is 17.9 Å². The number of hydrogen-bond donors (Lipinski definition) is 1. The third kappa shape index (κ3) is 2.76. The van der Waals surface area contributed by atoms with E-state index in [2.05, 4.69) is 13.0 Å². The SMILES string of the molecule is CCC1CCc2nc3sc(C(=O)c4ccccc4OC)c(N)c3cc2C1. The minimum Gasteiger partial charge on any atom is -0.496 e. The molecule has 0 fully saturated rings. The highest BCUT2D eigenvalue weighted by Crippen LogP contribution is 2.38. The zero-order valence-electron chi connectivity index (χ0n) is 15.0. The van der Waals surface area contributed by atoms with Crippen LogP contribution in [0.5, 0.6) is 5.75 Å². The fourth-order valence-corrected chi connectivity index (χ4v) is 4.79. The molecule has 4 rings (SSSR count). The number of aryl methyl sites for hydroxylation is 1. The molecule has 0 spiro atoms. The molecule has 2 aromatic heterocycles. The molecule has 134 valence electrons. The summed E-state index contributed by atoms with van der Waals surface area (Å²) in [5.41, 5.74) is 9.90. The maximum atomic E-state index is 13.1. The highest BCUT2D eigenvalue weighted by Gasteiger charge is 2.24. The second-order valence-electron chi connectivity index (χ2n) is 6.84. The average Bonchev–Trinajstić information content (AvgIpc) is 3.01. The number of nitrogens with two attached hydrogens (primary N) is 1. The molecule has 5 heteroatoms. The molecular weight excluding hydrogens is 344 g/mol. The van der Waals surface area contributed by atoms with Gasteiger partial charge in [0.1, 0.15) is 15.5 Å². The van der Waals surface area contributed by atoms with E-state index in [9.17, 15) is 4.79 Å². The van der Waals surface area contributed by atoms with Crippen molar-refractivity contribution in [3.8, 4) is 5.75 Å². The van der Waals surface area contributed by atoms with Crippen molar-refractivity contribution in [3.63, 3.8) is 0 Å². The Bertz CT molecular complexity index is 993. The number of nitrogen functional groups attached to an aromatic ring is 1. The van der Waals surface area contributed by atoms with Crippen molar-refractivity contribution in [2.24, 2.45) is 5.92 Å². The van der Waals surface area contributed by atoms with Crippen LogP contribution >= 0.6 is 11.3 Å². The number of aromatic nitrogens is 1. The molecule has 0 radical (unpaired) electrons. The highest BCUT2D eigenvalue weighted by atomic mass is 32.1. The van der Waals surface area contributed by atoms with Crippen LogP contribution in [-0.2, 0) is 12.8 Å². The monoisotopic (exact) mass is 366 g/mol. The summed E-state index contributed by atoms with van der Waals surface area (Å²) in [4.78, 5) is 19.3. The van der Waals surface area contributed by atoms with E-state index in [1.54, 1.807) is 19.2 Å². The summed E-state index contributed by atoms with van der Waals surface area (Å²) in [5, 5.41) is 0.906. The molecule has 0 bridgehead atoms. The molecule has 1 unspecified atom stereocenters. The molecule has 0 amide bonds. The van der Waals surface area contributed by atoms with Crippen LogP contribution in [0.4, 0.5) is 5.69 Å². The molecule has 1 aromatic carbocycles. The van der Waals surface area contributed by atoms with E-state index in [0.29, 0.717) is 21.9 Å². The molecule has 1 atom stereocenters. The Labute approximate surface area is 157 Å². The Balaban J connectivity index is 1.80. The van der Waals surface area contributed by atoms with Crippen LogP contribution in [0.15, 0.2) is 30.3 Å². The van der Waals surface area contributed by atoms with Crippen molar-refractivity contribution >= 4 is 33.0 Å². The van der Waals surface area contributed by atoms with Crippen LogP contribution in [0, 0.1) is 5.92 Å². The van der Waals surface area contributed by atoms with Gasteiger partial charge in [0.25, 0.3) is 0 Å². The molecule has 3 aromatic rings. The molecule has 0 aliphatic heterocycles. The van der Waals surface area contributed by atoms with Crippen LogP contribution in [0.2, 0.25) is 0 Å². The van der Waals surface area contributed by atoms with E-state index in [1.807, 2.05) is 12.1 Å². The van der Waals surface area contributed by atoms with E-state index in [1.165, 1.54) is 35.4 Å². The fraction of sp³-hybridized carbons (Fsp3) is 0.333. The zero-order valence-corrected chi connectivity index (χ0v) is 15.9. The molecule has 4 nitrogen and oxygen atoms in total. The van der Waals surface area contributed by atoms with E-state index >= 15 is 0 Å². The first kappa shape index (κ1) is 17.0. The second kappa shape index (κ2) is 6.72. The van der Waals surface area contributed by atoms with Crippen LogP contribution in [0.3, 0.4) is 0 Å². The Morgan fingerprint density at radius 3 is 2.96 bits per heavy atom. The number of carbonyl (C=O) groups is 1. The van der Waals surface area contributed by atoms with Crippen molar-refractivity contribution in [1.29, 1.82) is 0 Å².